The molecule has 0 spiro atoms. The van der Waals surface area contributed by atoms with Crippen molar-refractivity contribution < 1.29 is 9.59 Å². The van der Waals surface area contributed by atoms with E-state index in [9.17, 15) is 9.59 Å². The first-order valence-electron chi connectivity index (χ1n) is 9.70. The van der Waals surface area contributed by atoms with Gasteiger partial charge in [0.05, 0.1) is 11.1 Å². The fourth-order valence-electron chi connectivity index (χ4n) is 2.99. The molecule has 6 nitrogen and oxygen atoms in total. The third kappa shape index (κ3) is 4.75. The minimum absolute atomic E-state index is 0.0512. The molecule has 0 bridgehead atoms. The van der Waals surface area contributed by atoms with Gasteiger partial charge in [0.1, 0.15) is 5.15 Å². The molecular weight excluding hydrogens is 424 g/mol. The van der Waals surface area contributed by atoms with Crippen molar-refractivity contribution in [1.82, 2.24) is 20.8 Å². The number of hydrogen-bond acceptors (Lipinski definition) is 4. The number of nitrogens with one attached hydrogen (secondary N) is 2. The molecule has 2 aromatic carbocycles. The number of carbonyl (C=O) groups excluding carboxylic acids is 2. The average molecular weight is 441 g/mol. The summed E-state index contributed by atoms with van der Waals surface area (Å²) in [6, 6.07) is 18.0. The molecule has 0 unspecified atom stereocenters. The van der Waals surface area contributed by atoms with E-state index in [-0.39, 0.29) is 10.7 Å². The zero-order valence-corrected chi connectivity index (χ0v) is 17.8. The van der Waals surface area contributed by atoms with Gasteiger partial charge in [0.2, 0.25) is 0 Å². The molecule has 0 aliphatic carbocycles. The van der Waals surface area contributed by atoms with Gasteiger partial charge < -0.3 is 0 Å². The molecule has 0 aliphatic rings. The highest BCUT2D eigenvalue weighted by Crippen LogP contribution is 2.14. The van der Waals surface area contributed by atoms with Gasteiger partial charge in [-0.05, 0) is 48.9 Å². The van der Waals surface area contributed by atoms with Crippen molar-refractivity contribution in [2.75, 3.05) is 0 Å². The van der Waals surface area contributed by atoms with Gasteiger partial charge in [0.25, 0.3) is 11.8 Å². The molecule has 0 saturated carbocycles. The number of halogens is 1. The summed E-state index contributed by atoms with van der Waals surface area (Å²) >= 11 is 5.90. The second-order valence-corrected chi connectivity index (χ2v) is 7.30. The Morgan fingerprint density at radius 1 is 0.906 bits per heavy atom. The number of hydrazine groups is 1. The van der Waals surface area contributed by atoms with E-state index in [4.69, 9.17) is 11.6 Å². The van der Waals surface area contributed by atoms with Crippen LogP contribution in [-0.2, 0) is 0 Å². The molecule has 0 radical (unpaired) electrons. The van der Waals surface area contributed by atoms with Gasteiger partial charge >= 0.3 is 0 Å². The van der Waals surface area contributed by atoms with Crippen molar-refractivity contribution in [3.8, 4) is 11.8 Å². The summed E-state index contributed by atoms with van der Waals surface area (Å²) in [5.41, 5.74) is 8.55. The van der Waals surface area contributed by atoms with Crippen LogP contribution in [0.15, 0.2) is 73.1 Å². The second-order valence-electron chi connectivity index (χ2n) is 6.95. The van der Waals surface area contributed by atoms with Crippen molar-refractivity contribution in [2.45, 2.75) is 6.92 Å². The standard InChI is InChI=1S/C25H17ClN4O2/c1-16-8-10-20(24(31)29-30-25(32)21-6-4-12-27-23(21)26)14-18(16)11-9-17-13-19-5-2-3-7-22(19)28-15-17/h2-8,10,12-15H,1H3,(H,29,31)(H,30,32). The number of rotatable bonds is 2. The number of aryl methyl sites for hydroxylation is 1. The smallest absolute Gasteiger partial charge is 0.267 e. The Labute approximate surface area is 189 Å². The first-order valence-corrected chi connectivity index (χ1v) is 10.1. The molecule has 156 valence electrons. The fraction of sp³-hybridized carbons (Fsp3) is 0.0400. The summed E-state index contributed by atoms with van der Waals surface area (Å²) in [6.07, 6.45) is 3.20. The average Bonchev–Trinajstić information content (AvgIpc) is 2.82. The Balaban J connectivity index is 1.50. The maximum absolute atomic E-state index is 12.5. The number of pyridine rings is 2. The largest absolute Gasteiger partial charge is 0.272 e. The monoisotopic (exact) mass is 440 g/mol. The Kier molecular flexibility index (Phi) is 6.11. The Hall–Kier alpha value is -4.21. The molecule has 32 heavy (non-hydrogen) atoms. The van der Waals surface area contributed by atoms with E-state index >= 15 is 0 Å². The molecule has 7 heteroatoms. The fourth-order valence-corrected chi connectivity index (χ4v) is 3.19. The van der Waals surface area contributed by atoms with Crippen LogP contribution in [-0.4, -0.2) is 21.8 Å². The van der Waals surface area contributed by atoms with E-state index in [1.54, 1.807) is 30.5 Å². The minimum Gasteiger partial charge on any atom is -0.267 e. The van der Waals surface area contributed by atoms with Crippen LogP contribution in [0, 0.1) is 18.8 Å². The van der Waals surface area contributed by atoms with Gasteiger partial charge in [-0.25, -0.2) is 4.98 Å². The molecule has 4 rings (SSSR count). The highest BCUT2D eigenvalue weighted by atomic mass is 35.5. The molecule has 2 aromatic heterocycles. The molecule has 2 N–H and O–H groups in total. The van der Waals surface area contributed by atoms with E-state index in [0.29, 0.717) is 11.1 Å². The van der Waals surface area contributed by atoms with Gasteiger partial charge in [-0.15, -0.1) is 0 Å². The lowest BCUT2D eigenvalue weighted by Crippen LogP contribution is -2.41. The van der Waals surface area contributed by atoms with E-state index in [1.807, 2.05) is 37.3 Å². The first kappa shape index (κ1) is 21.0. The highest BCUT2D eigenvalue weighted by Gasteiger charge is 2.13. The molecule has 0 fully saturated rings. The van der Waals surface area contributed by atoms with Crippen LogP contribution in [0.25, 0.3) is 10.9 Å². The van der Waals surface area contributed by atoms with E-state index in [0.717, 1.165) is 22.0 Å². The third-order valence-electron chi connectivity index (χ3n) is 4.73. The second kappa shape index (κ2) is 9.29. The summed E-state index contributed by atoms with van der Waals surface area (Å²) in [5.74, 6) is 5.17. The van der Waals surface area contributed by atoms with Crippen molar-refractivity contribution in [1.29, 1.82) is 0 Å². The van der Waals surface area contributed by atoms with E-state index in [1.165, 1.54) is 12.3 Å². The highest BCUT2D eigenvalue weighted by molar-refractivity contribution is 6.32. The van der Waals surface area contributed by atoms with Gasteiger partial charge in [-0.2, -0.15) is 0 Å². The van der Waals surface area contributed by atoms with Crippen molar-refractivity contribution >= 4 is 34.3 Å². The lowest BCUT2D eigenvalue weighted by Gasteiger charge is -2.09. The predicted molar refractivity (Wildman–Crippen MR) is 123 cm³/mol. The van der Waals surface area contributed by atoms with Crippen LogP contribution in [0.2, 0.25) is 5.15 Å². The van der Waals surface area contributed by atoms with Crippen LogP contribution in [0.4, 0.5) is 0 Å². The number of nitrogens with zero attached hydrogens (tertiary/aromatic N) is 2. The predicted octanol–water partition coefficient (Wildman–Crippen LogP) is 4.07. The molecule has 0 atom stereocenters. The Morgan fingerprint density at radius 3 is 2.56 bits per heavy atom. The van der Waals surface area contributed by atoms with Crippen LogP contribution in [0.3, 0.4) is 0 Å². The number of fused-ring (bicyclic) bond motifs is 1. The van der Waals surface area contributed by atoms with Crippen molar-refractivity contribution in [2.24, 2.45) is 0 Å². The zero-order chi connectivity index (χ0) is 22.5. The van der Waals surface area contributed by atoms with Gasteiger partial charge in [-0.1, -0.05) is 47.7 Å². The van der Waals surface area contributed by atoms with E-state index in [2.05, 4.69) is 32.7 Å². The molecular formula is C25H17ClN4O2. The number of amides is 2. The van der Waals surface area contributed by atoms with Gasteiger partial charge in [-0.3, -0.25) is 25.4 Å². The molecule has 2 amide bonds. The quantitative estimate of drug-likeness (QED) is 0.279. The maximum atomic E-state index is 12.5. The van der Waals surface area contributed by atoms with Crippen LogP contribution in [0.5, 0.6) is 0 Å². The number of hydrogen-bond donors (Lipinski definition) is 2. The number of para-hydroxylation sites is 1. The van der Waals surface area contributed by atoms with Crippen LogP contribution >= 0.6 is 11.6 Å². The summed E-state index contributed by atoms with van der Waals surface area (Å²) in [4.78, 5) is 33.0. The van der Waals surface area contributed by atoms with Crippen molar-refractivity contribution in [3.05, 3.63) is 106 Å². The summed E-state index contributed by atoms with van der Waals surface area (Å²) in [5, 5.41) is 1.06. The number of aromatic nitrogens is 2. The normalized spacial score (nSPS) is 10.2. The Morgan fingerprint density at radius 2 is 1.72 bits per heavy atom. The molecule has 4 aromatic rings. The minimum atomic E-state index is -0.563. The van der Waals surface area contributed by atoms with Crippen molar-refractivity contribution in [3.63, 3.8) is 0 Å². The lowest BCUT2D eigenvalue weighted by molar-refractivity contribution is 0.0846. The number of benzene rings is 2. The molecule has 0 saturated heterocycles. The summed E-state index contributed by atoms with van der Waals surface area (Å²) in [7, 11) is 0. The first-order chi connectivity index (χ1) is 15.5. The maximum Gasteiger partial charge on any atom is 0.272 e. The summed E-state index contributed by atoms with van der Waals surface area (Å²) in [6.45, 7) is 1.91. The number of carbonyl (C=O) groups is 2. The lowest BCUT2D eigenvalue weighted by atomic mass is 10.0. The SMILES string of the molecule is Cc1ccc(C(=O)NNC(=O)c2cccnc2Cl)cc1C#Cc1cnc2ccccc2c1. The molecule has 0 aliphatic heterocycles. The zero-order valence-electron chi connectivity index (χ0n) is 17.0. The van der Waals surface area contributed by atoms with Crippen LogP contribution < -0.4 is 10.9 Å². The topological polar surface area (TPSA) is 84.0 Å². The van der Waals surface area contributed by atoms with Crippen LogP contribution in [0.1, 0.15) is 37.4 Å². The van der Waals surface area contributed by atoms with E-state index < -0.39 is 11.8 Å². The van der Waals surface area contributed by atoms with Gasteiger partial charge in [0, 0.05) is 34.5 Å². The third-order valence-corrected chi connectivity index (χ3v) is 5.03. The Bertz CT molecular complexity index is 1410. The molecule has 2 heterocycles. The van der Waals surface area contributed by atoms with Gasteiger partial charge in [0.15, 0.2) is 0 Å². The summed E-state index contributed by atoms with van der Waals surface area (Å²) < 4.78 is 0.